The summed E-state index contributed by atoms with van der Waals surface area (Å²) >= 11 is 6.44. The minimum absolute atomic E-state index is 0.143. The molecule has 4 aromatic rings. The fourth-order valence-corrected chi connectivity index (χ4v) is 4.29. The van der Waals surface area contributed by atoms with Crippen molar-refractivity contribution in [3.63, 3.8) is 0 Å². The van der Waals surface area contributed by atoms with E-state index >= 15 is 0 Å². The van der Waals surface area contributed by atoms with Gasteiger partial charge in [0.2, 0.25) is 5.96 Å². The van der Waals surface area contributed by atoms with Crippen LogP contribution in [0.3, 0.4) is 0 Å². The number of hydrogen-bond donors (Lipinski definition) is 4. The molecule has 0 radical (unpaired) electrons. The molecule has 9 nitrogen and oxygen atoms in total. The fourth-order valence-electron chi connectivity index (χ4n) is 4.06. The first-order valence-corrected chi connectivity index (χ1v) is 12.3. The minimum atomic E-state index is -0.411. The van der Waals surface area contributed by atoms with Gasteiger partial charge in [0.05, 0.1) is 22.9 Å². The molecule has 5 rings (SSSR count). The molecule has 38 heavy (non-hydrogen) atoms. The molecule has 0 spiro atoms. The zero-order valence-corrected chi connectivity index (χ0v) is 21.0. The summed E-state index contributed by atoms with van der Waals surface area (Å²) in [5.74, 6) is 0.891. The number of hydrazone groups is 1. The Morgan fingerprint density at radius 1 is 1.21 bits per heavy atom. The van der Waals surface area contributed by atoms with E-state index in [-0.39, 0.29) is 18.4 Å². The average molecular weight is 534 g/mol. The van der Waals surface area contributed by atoms with Crippen LogP contribution in [0.5, 0.6) is 5.75 Å². The first-order valence-electron chi connectivity index (χ1n) is 11.9. The normalized spacial score (nSPS) is 15.2. The number of ether oxygens (including phenoxy) is 1. The number of nitrogens with zero attached hydrogens (tertiary/aromatic N) is 4. The van der Waals surface area contributed by atoms with Gasteiger partial charge in [0.25, 0.3) is 0 Å². The molecular weight excluding hydrogens is 509 g/mol. The van der Waals surface area contributed by atoms with Gasteiger partial charge in [0.15, 0.2) is 0 Å². The average Bonchev–Trinajstić information content (AvgIpc) is 3.35. The molecule has 0 bridgehead atoms. The molecule has 0 aliphatic carbocycles. The number of nitrogens with one attached hydrogen (secondary N) is 3. The summed E-state index contributed by atoms with van der Waals surface area (Å²) in [6.07, 6.45) is 3.32. The van der Waals surface area contributed by atoms with Gasteiger partial charge in [-0.05, 0) is 60.0 Å². The topological polar surface area (TPSA) is 119 Å². The quantitative estimate of drug-likeness (QED) is 0.155. The second-order valence-electron chi connectivity index (χ2n) is 8.79. The molecule has 4 N–H and O–H groups in total. The van der Waals surface area contributed by atoms with Crippen LogP contribution in [0.4, 0.5) is 15.9 Å². The maximum absolute atomic E-state index is 13.4. The smallest absolute Gasteiger partial charge is 0.212 e. The second kappa shape index (κ2) is 11.4. The molecule has 11 heteroatoms. The molecule has 1 aromatic heterocycles. The predicted molar refractivity (Wildman–Crippen MR) is 146 cm³/mol. The van der Waals surface area contributed by atoms with E-state index in [0.29, 0.717) is 47.4 Å². The van der Waals surface area contributed by atoms with Gasteiger partial charge < -0.3 is 20.1 Å². The van der Waals surface area contributed by atoms with Crippen LogP contribution in [0.15, 0.2) is 72.1 Å². The lowest BCUT2D eigenvalue weighted by atomic mass is 10.1. The van der Waals surface area contributed by atoms with Gasteiger partial charge in [-0.3, -0.25) is 5.41 Å². The Kier molecular flexibility index (Phi) is 7.62. The molecule has 1 unspecified atom stereocenters. The molecule has 1 saturated heterocycles. The van der Waals surface area contributed by atoms with Crippen LogP contribution < -0.4 is 15.5 Å². The largest absolute Gasteiger partial charge is 0.487 e. The summed E-state index contributed by atoms with van der Waals surface area (Å²) in [6, 6.07) is 17.1. The van der Waals surface area contributed by atoms with Crippen LogP contribution in [-0.4, -0.2) is 51.3 Å². The van der Waals surface area contributed by atoms with E-state index in [1.807, 2.05) is 24.3 Å². The summed E-state index contributed by atoms with van der Waals surface area (Å²) in [6.45, 7) is 1.24. The number of hydrogen-bond acceptors (Lipinski definition) is 7. The van der Waals surface area contributed by atoms with E-state index in [1.165, 1.54) is 18.5 Å². The van der Waals surface area contributed by atoms with Gasteiger partial charge in [0.1, 0.15) is 30.3 Å². The highest BCUT2D eigenvalue weighted by Gasteiger charge is 2.22. The van der Waals surface area contributed by atoms with Gasteiger partial charge in [0, 0.05) is 24.2 Å². The first-order chi connectivity index (χ1) is 18.4. The Morgan fingerprint density at radius 2 is 2.11 bits per heavy atom. The van der Waals surface area contributed by atoms with Crippen molar-refractivity contribution in [2.45, 2.75) is 19.1 Å². The van der Waals surface area contributed by atoms with Crippen molar-refractivity contribution in [3.05, 3.63) is 89.0 Å². The van der Waals surface area contributed by atoms with E-state index in [4.69, 9.17) is 21.7 Å². The van der Waals surface area contributed by atoms with Crippen molar-refractivity contribution < 1.29 is 14.2 Å². The molecule has 1 aliphatic rings. The third-order valence-electron chi connectivity index (χ3n) is 6.00. The van der Waals surface area contributed by atoms with Crippen molar-refractivity contribution in [2.75, 3.05) is 18.4 Å². The summed E-state index contributed by atoms with van der Waals surface area (Å²) in [4.78, 5) is 10.5. The Hall–Kier alpha value is -4.28. The summed E-state index contributed by atoms with van der Waals surface area (Å²) < 4.78 is 19.2. The lowest BCUT2D eigenvalue weighted by Crippen LogP contribution is -2.37. The number of aliphatic hydroxyl groups excluding tert-OH is 1. The highest BCUT2D eigenvalue weighted by Crippen LogP contribution is 2.31. The first kappa shape index (κ1) is 25.4. The number of aliphatic hydroxyl groups is 1. The molecule has 0 saturated carbocycles. The van der Waals surface area contributed by atoms with Gasteiger partial charge in [-0.2, -0.15) is 5.10 Å². The van der Waals surface area contributed by atoms with Crippen molar-refractivity contribution >= 4 is 46.2 Å². The fraction of sp³-hybridized carbons (Fsp3) is 0.185. The van der Waals surface area contributed by atoms with Crippen LogP contribution in [0, 0.1) is 11.2 Å². The lowest BCUT2D eigenvalue weighted by molar-refractivity contribution is 0.187. The standard InChI is InChI=1S/C27H25ClFN7O2/c28-23-12-20(5-7-25(23)38-15-18-2-1-3-19(29)10-18)34-26-22-11-17(4-6-24(22)31-16-32-26)13-33-35-27(30)36-9-8-21(37)14-36/h1-7,10-13,16,21,37H,8-9,14-15H2,(H2,30,35)(H,31,32,34)/b33-13+. The van der Waals surface area contributed by atoms with E-state index in [1.54, 1.807) is 35.4 Å². The van der Waals surface area contributed by atoms with Crippen LogP contribution >= 0.6 is 11.6 Å². The number of rotatable bonds is 7. The Labute approximate surface area is 223 Å². The van der Waals surface area contributed by atoms with Gasteiger partial charge in [-0.25, -0.2) is 19.8 Å². The maximum Gasteiger partial charge on any atom is 0.212 e. The zero-order valence-electron chi connectivity index (χ0n) is 20.2. The van der Waals surface area contributed by atoms with Crippen LogP contribution in [0.1, 0.15) is 17.5 Å². The van der Waals surface area contributed by atoms with Gasteiger partial charge in [-0.15, -0.1) is 0 Å². The van der Waals surface area contributed by atoms with E-state index in [9.17, 15) is 9.50 Å². The van der Waals surface area contributed by atoms with Gasteiger partial charge in [-0.1, -0.05) is 29.8 Å². The number of fused-ring (bicyclic) bond motifs is 1. The van der Waals surface area contributed by atoms with E-state index in [0.717, 1.165) is 16.5 Å². The number of likely N-dealkylation sites (tertiary alicyclic amines) is 1. The Bertz CT molecular complexity index is 1500. The summed E-state index contributed by atoms with van der Waals surface area (Å²) in [5, 5.41) is 26.3. The molecule has 2 heterocycles. The zero-order chi connectivity index (χ0) is 26.5. The molecule has 194 valence electrons. The van der Waals surface area contributed by atoms with Crippen LogP contribution in [-0.2, 0) is 6.61 Å². The number of anilines is 2. The van der Waals surface area contributed by atoms with Crippen molar-refractivity contribution in [1.29, 1.82) is 5.41 Å². The molecule has 3 aromatic carbocycles. The number of guanidine groups is 1. The number of β-amino-alcohol motifs (C(OH)–C–C–N with tert-alkyl or cyclic N) is 1. The predicted octanol–water partition coefficient (Wildman–Crippen LogP) is 4.67. The van der Waals surface area contributed by atoms with Crippen molar-refractivity contribution in [3.8, 4) is 5.75 Å². The molecular formula is C27H25ClFN7O2. The third kappa shape index (κ3) is 6.16. The Balaban J connectivity index is 1.27. The Morgan fingerprint density at radius 3 is 2.89 bits per heavy atom. The van der Waals surface area contributed by atoms with E-state index < -0.39 is 6.10 Å². The molecule has 1 fully saturated rings. The van der Waals surface area contributed by atoms with Gasteiger partial charge >= 0.3 is 0 Å². The second-order valence-corrected chi connectivity index (χ2v) is 9.20. The number of benzene rings is 3. The minimum Gasteiger partial charge on any atom is -0.487 e. The monoisotopic (exact) mass is 533 g/mol. The molecule has 0 amide bonds. The molecule has 1 atom stereocenters. The maximum atomic E-state index is 13.4. The number of halogens is 2. The van der Waals surface area contributed by atoms with Crippen LogP contribution in [0.25, 0.3) is 10.9 Å². The van der Waals surface area contributed by atoms with Crippen molar-refractivity contribution in [2.24, 2.45) is 5.10 Å². The van der Waals surface area contributed by atoms with Crippen molar-refractivity contribution in [1.82, 2.24) is 20.3 Å². The highest BCUT2D eigenvalue weighted by atomic mass is 35.5. The lowest BCUT2D eigenvalue weighted by Gasteiger charge is -2.16. The molecule has 1 aliphatic heterocycles. The number of aromatic nitrogens is 2. The van der Waals surface area contributed by atoms with E-state index in [2.05, 4.69) is 25.8 Å². The SMILES string of the molecule is N=C(N/N=C/c1ccc2ncnc(Nc3ccc(OCc4cccc(F)c4)c(Cl)c3)c2c1)N1CCC(O)C1. The third-order valence-corrected chi connectivity index (χ3v) is 6.30. The summed E-state index contributed by atoms with van der Waals surface area (Å²) in [5.41, 5.74) is 5.65. The summed E-state index contributed by atoms with van der Waals surface area (Å²) in [7, 11) is 0. The highest BCUT2D eigenvalue weighted by molar-refractivity contribution is 6.32. The van der Waals surface area contributed by atoms with Crippen LogP contribution in [0.2, 0.25) is 5.02 Å².